The first-order valence-electron chi connectivity index (χ1n) is 14.9. The summed E-state index contributed by atoms with van der Waals surface area (Å²) in [5.74, 6) is -1.03. The Labute approximate surface area is 280 Å². The van der Waals surface area contributed by atoms with E-state index in [1.165, 1.54) is 23.1 Å². The van der Waals surface area contributed by atoms with Crippen LogP contribution < -0.4 is 16.0 Å². The van der Waals surface area contributed by atoms with E-state index in [2.05, 4.69) is 20.9 Å². The summed E-state index contributed by atoms with van der Waals surface area (Å²) in [6, 6.07) is 41.0. The van der Waals surface area contributed by atoms with Crippen molar-refractivity contribution in [3.8, 4) is 0 Å². The summed E-state index contributed by atoms with van der Waals surface area (Å²) in [6.45, 7) is 1.96. The van der Waals surface area contributed by atoms with Crippen LogP contribution in [0.3, 0.4) is 0 Å². The van der Waals surface area contributed by atoms with E-state index in [0.717, 1.165) is 31.8 Å². The predicted molar refractivity (Wildman–Crippen MR) is 191 cm³/mol. The van der Waals surface area contributed by atoms with Crippen molar-refractivity contribution in [2.75, 3.05) is 10.6 Å². The standard InChI is InChI=1S/C38H30N4O3S2/c1-25-11-10-12-26(23-25)24-32(40-35(43)28-15-6-3-7-16-28)36(44)39-29-19-21-30(22-20-29)46-34(27-13-4-2-5-14-27)37(45)42-38-41-31-17-8-9-18-33(31)47-38/h2-24,34H,1H3,(H,39,44)(H,40,43)(H,41,42,45)/b32-24-. The molecule has 47 heavy (non-hydrogen) atoms. The first-order valence-corrected chi connectivity index (χ1v) is 16.5. The Bertz CT molecular complexity index is 2030. The van der Waals surface area contributed by atoms with Crippen LogP contribution >= 0.6 is 23.1 Å². The van der Waals surface area contributed by atoms with Gasteiger partial charge in [-0.15, -0.1) is 11.8 Å². The molecule has 0 aliphatic rings. The zero-order valence-corrected chi connectivity index (χ0v) is 27.0. The van der Waals surface area contributed by atoms with Gasteiger partial charge in [0.05, 0.1) is 10.2 Å². The zero-order chi connectivity index (χ0) is 32.6. The molecule has 0 radical (unpaired) electrons. The molecule has 1 aromatic heterocycles. The fourth-order valence-electron chi connectivity index (χ4n) is 4.82. The first-order chi connectivity index (χ1) is 22.9. The summed E-state index contributed by atoms with van der Waals surface area (Å²) in [6.07, 6.45) is 1.65. The lowest BCUT2D eigenvalue weighted by atomic mass is 10.1. The van der Waals surface area contributed by atoms with Gasteiger partial charge in [0.25, 0.3) is 11.8 Å². The van der Waals surface area contributed by atoms with Crippen molar-refractivity contribution in [2.24, 2.45) is 0 Å². The van der Waals surface area contributed by atoms with Crippen LogP contribution in [0.2, 0.25) is 0 Å². The van der Waals surface area contributed by atoms with Crippen molar-refractivity contribution < 1.29 is 14.4 Å². The second-order valence-corrected chi connectivity index (χ2v) is 12.9. The lowest BCUT2D eigenvalue weighted by Crippen LogP contribution is -2.30. The minimum atomic E-state index is -0.541. The van der Waals surface area contributed by atoms with Crippen LogP contribution in [0.4, 0.5) is 10.8 Å². The van der Waals surface area contributed by atoms with Crippen molar-refractivity contribution in [1.29, 1.82) is 0 Å². The van der Waals surface area contributed by atoms with E-state index in [1.807, 2.05) is 104 Å². The number of carbonyl (C=O) groups excluding carboxylic acids is 3. The number of amides is 3. The summed E-state index contributed by atoms with van der Waals surface area (Å²) in [5, 5.41) is 8.68. The van der Waals surface area contributed by atoms with Gasteiger partial charge in [-0.25, -0.2) is 4.98 Å². The number of hydrogen-bond acceptors (Lipinski definition) is 6. The molecule has 6 aromatic rings. The minimum absolute atomic E-state index is 0.110. The van der Waals surface area contributed by atoms with Gasteiger partial charge >= 0.3 is 0 Å². The second kappa shape index (κ2) is 14.7. The number of thiazole rings is 1. The Kier molecular flexibility index (Phi) is 9.86. The van der Waals surface area contributed by atoms with Gasteiger partial charge in [0.1, 0.15) is 10.9 Å². The maximum absolute atomic E-state index is 13.6. The van der Waals surface area contributed by atoms with Crippen LogP contribution in [-0.2, 0) is 9.59 Å². The molecule has 0 spiro atoms. The number of aromatic nitrogens is 1. The first kappa shape index (κ1) is 31.5. The Morgan fingerprint density at radius 3 is 2.19 bits per heavy atom. The number of nitrogens with zero attached hydrogens (tertiary/aromatic N) is 1. The number of thioether (sulfide) groups is 1. The fourth-order valence-corrected chi connectivity index (χ4v) is 6.71. The topological polar surface area (TPSA) is 100 Å². The second-order valence-electron chi connectivity index (χ2n) is 10.7. The monoisotopic (exact) mass is 654 g/mol. The van der Waals surface area contributed by atoms with Crippen molar-refractivity contribution in [2.45, 2.75) is 17.1 Å². The molecule has 5 aromatic carbocycles. The molecule has 0 fully saturated rings. The highest BCUT2D eigenvalue weighted by atomic mass is 32.2. The van der Waals surface area contributed by atoms with Crippen LogP contribution in [0.25, 0.3) is 16.3 Å². The van der Waals surface area contributed by atoms with Crippen molar-refractivity contribution in [1.82, 2.24) is 10.3 Å². The molecule has 1 heterocycles. The fraction of sp³-hybridized carbons (Fsp3) is 0.0526. The molecule has 0 bridgehead atoms. The molecule has 0 aliphatic heterocycles. The third-order valence-corrected chi connectivity index (χ3v) is 9.33. The maximum atomic E-state index is 13.6. The van der Waals surface area contributed by atoms with Crippen molar-refractivity contribution in [3.05, 3.63) is 161 Å². The molecular weight excluding hydrogens is 625 g/mol. The molecule has 6 rings (SSSR count). The van der Waals surface area contributed by atoms with Crippen LogP contribution in [0, 0.1) is 6.92 Å². The smallest absolute Gasteiger partial charge is 0.272 e. The molecular formula is C38H30N4O3S2. The number of para-hydroxylation sites is 1. The summed E-state index contributed by atoms with van der Waals surface area (Å²) in [4.78, 5) is 45.4. The summed E-state index contributed by atoms with van der Waals surface area (Å²) >= 11 is 2.84. The number of benzene rings is 5. The largest absolute Gasteiger partial charge is 0.321 e. The lowest BCUT2D eigenvalue weighted by Gasteiger charge is -2.17. The van der Waals surface area contributed by atoms with Crippen molar-refractivity contribution >= 4 is 67.9 Å². The van der Waals surface area contributed by atoms with Gasteiger partial charge in [-0.05, 0) is 72.7 Å². The van der Waals surface area contributed by atoms with E-state index in [0.29, 0.717) is 16.4 Å². The number of aryl methyl sites for hydroxylation is 1. The average molecular weight is 655 g/mol. The van der Waals surface area contributed by atoms with Crippen LogP contribution in [0.5, 0.6) is 0 Å². The van der Waals surface area contributed by atoms with Crippen LogP contribution in [-0.4, -0.2) is 22.7 Å². The van der Waals surface area contributed by atoms with Gasteiger partial charge in [0, 0.05) is 16.1 Å². The number of anilines is 2. The SMILES string of the molecule is Cc1cccc(/C=C(\NC(=O)c2ccccc2)C(=O)Nc2ccc(SC(C(=O)Nc3nc4ccccc4s3)c3ccccc3)cc2)c1. The van der Waals surface area contributed by atoms with Crippen molar-refractivity contribution in [3.63, 3.8) is 0 Å². The van der Waals surface area contributed by atoms with E-state index in [-0.39, 0.29) is 17.5 Å². The van der Waals surface area contributed by atoms with E-state index < -0.39 is 11.2 Å². The molecule has 9 heteroatoms. The third kappa shape index (κ3) is 8.21. The van der Waals surface area contributed by atoms with Gasteiger partial charge in [-0.3, -0.25) is 14.4 Å². The molecule has 1 unspecified atom stereocenters. The highest BCUT2D eigenvalue weighted by Gasteiger charge is 2.23. The molecule has 0 aliphatic carbocycles. The number of hydrogen-bond donors (Lipinski definition) is 3. The van der Waals surface area contributed by atoms with Gasteiger partial charge in [-0.2, -0.15) is 0 Å². The van der Waals surface area contributed by atoms with Gasteiger partial charge in [0.2, 0.25) is 5.91 Å². The Balaban J connectivity index is 1.18. The molecule has 232 valence electrons. The third-order valence-electron chi connectivity index (χ3n) is 7.11. The molecule has 7 nitrogen and oxygen atoms in total. The Morgan fingerprint density at radius 1 is 0.766 bits per heavy atom. The predicted octanol–water partition coefficient (Wildman–Crippen LogP) is 8.49. The zero-order valence-electron chi connectivity index (χ0n) is 25.3. The van der Waals surface area contributed by atoms with Crippen LogP contribution in [0.15, 0.2) is 144 Å². The molecule has 0 saturated heterocycles. The van der Waals surface area contributed by atoms with E-state index >= 15 is 0 Å². The van der Waals surface area contributed by atoms with E-state index in [9.17, 15) is 14.4 Å². The Hall–Kier alpha value is -5.51. The highest BCUT2D eigenvalue weighted by Crippen LogP contribution is 2.37. The van der Waals surface area contributed by atoms with Gasteiger partial charge < -0.3 is 16.0 Å². The van der Waals surface area contributed by atoms with Crippen LogP contribution in [0.1, 0.15) is 32.3 Å². The summed E-state index contributed by atoms with van der Waals surface area (Å²) < 4.78 is 1.00. The minimum Gasteiger partial charge on any atom is -0.321 e. The number of fused-ring (bicyclic) bond motifs is 1. The average Bonchev–Trinajstić information content (AvgIpc) is 3.50. The molecule has 0 saturated carbocycles. The maximum Gasteiger partial charge on any atom is 0.272 e. The number of carbonyl (C=O) groups is 3. The van der Waals surface area contributed by atoms with E-state index in [4.69, 9.17) is 0 Å². The molecule has 3 N–H and O–H groups in total. The Morgan fingerprint density at radius 2 is 1.47 bits per heavy atom. The van der Waals surface area contributed by atoms with E-state index in [1.54, 1.807) is 42.5 Å². The number of rotatable bonds is 10. The summed E-state index contributed by atoms with van der Waals surface area (Å²) in [7, 11) is 0. The summed E-state index contributed by atoms with van der Waals surface area (Å²) in [5.41, 5.74) is 4.60. The number of nitrogens with one attached hydrogen (secondary N) is 3. The molecule has 1 atom stereocenters. The molecule has 3 amide bonds. The lowest BCUT2D eigenvalue weighted by molar-refractivity contribution is -0.116. The highest BCUT2D eigenvalue weighted by molar-refractivity contribution is 8.00. The van der Waals surface area contributed by atoms with Gasteiger partial charge in [0.15, 0.2) is 5.13 Å². The quantitative estimate of drug-likeness (QED) is 0.102. The normalized spacial score (nSPS) is 11.9. The van der Waals surface area contributed by atoms with Gasteiger partial charge in [-0.1, -0.05) is 102 Å².